The summed E-state index contributed by atoms with van der Waals surface area (Å²) in [5, 5.41) is 0. The molecule has 1 rings (SSSR count). The van der Waals surface area contributed by atoms with E-state index in [0.717, 1.165) is 0 Å². The summed E-state index contributed by atoms with van der Waals surface area (Å²) in [6.45, 7) is 1.76. The molecule has 2 N–H and O–H groups in total. The summed E-state index contributed by atoms with van der Waals surface area (Å²) in [6, 6.07) is 2.69. The summed E-state index contributed by atoms with van der Waals surface area (Å²) < 4.78 is 53.3. The van der Waals surface area contributed by atoms with Crippen LogP contribution in [0, 0.1) is 0 Å². The zero-order valence-electron chi connectivity index (χ0n) is 15.6. The highest BCUT2D eigenvalue weighted by Crippen LogP contribution is 2.34. The van der Waals surface area contributed by atoms with E-state index in [1.807, 2.05) is 0 Å². The van der Waals surface area contributed by atoms with Crippen LogP contribution < -0.4 is 15.2 Å². The summed E-state index contributed by atoms with van der Waals surface area (Å²) in [5.41, 5.74) is 6.24. The first kappa shape index (κ1) is 8.51. The molecule has 0 heterocycles. The van der Waals surface area contributed by atoms with Gasteiger partial charge < -0.3 is 15.2 Å². The molecule has 0 aliphatic carbocycles. The Morgan fingerprint density at radius 1 is 1.35 bits per heavy atom. The fourth-order valence-electron chi connectivity index (χ4n) is 1.42. The second-order valence-corrected chi connectivity index (χ2v) is 4.34. The average Bonchev–Trinajstić information content (AvgIpc) is 2.27. The maximum absolute atomic E-state index is 7.23. The van der Waals surface area contributed by atoms with Gasteiger partial charge in [0.15, 0.2) is 0 Å². The lowest BCUT2D eigenvalue weighted by molar-refractivity contribution is 0.389. The molecule has 1 atom stereocenters. The highest BCUT2D eigenvalue weighted by molar-refractivity contribution is 7.98. The van der Waals surface area contributed by atoms with E-state index in [1.165, 1.54) is 23.9 Å². The molecule has 0 aliphatic heterocycles. The molecule has 5 heteroatoms. The molecule has 0 radical (unpaired) electrons. The van der Waals surface area contributed by atoms with Gasteiger partial charge in [0.25, 0.3) is 0 Å². The van der Waals surface area contributed by atoms with E-state index >= 15 is 0 Å². The quantitative estimate of drug-likeness (QED) is 0.844. The van der Waals surface area contributed by atoms with Crippen LogP contribution in [0.1, 0.15) is 20.7 Å². The van der Waals surface area contributed by atoms with Gasteiger partial charge in [-0.25, -0.2) is 0 Å². The van der Waals surface area contributed by atoms with Gasteiger partial charge >= 0.3 is 0 Å². The fraction of sp³-hybridized carbons (Fsp3) is 0.500. The molecule has 0 amide bonds. The largest absolute Gasteiger partial charge is 0.496 e. The molecule has 0 bridgehead atoms. The van der Waals surface area contributed by atoms with Crippen LogP contribution in [0.25, 0.3) is 0 Å². The fourth-order valence-corrected chi connectivity index (χ4v) is 1.95. The lowest BCUT2D eigenvalue weighted by atomic mass is 10.1. The predicted molar refractivity (Wildman–Crippen MR) is 75.9 cm³/mol. The summed E-state index contributed by atoms with van der Waals surface area (Å²) in [6.07, 6.45) is 2.06. The minimum Gasteiger partial charge on any atom is -0.496 e. The van der Waals surface area contributed by atoms with Crippen molar-refractivity contribution in [3.8, 4) is 11.5 Å². The highest BCUT2D eigenvalue weighted by atomic mass is 35.5. The molecule has 0 fully saturated rings. The number of ether oxygens (including phenoxy) is 2. The SMILES string of the molecule is Cl.[2H]C([2H])([2H])Oc1cc(SC)c(OC([2H])([2H])[2H])cc1C[C@@H](C)N. The first-order chi connectivity index (χ1) is 9.91. The van der Waals surface area contributed by atoms with Crippen LogP contribution >= 0.6 is 24.2 Å². The van der Waals surface area contributed by atoms with Crippen molar-refractivity contribution in [1.82, 2.24) is 0 Å². The Balaban J connectivity index is 0.00000484. The second kappa shape index (κ2) is 7.69. The first-order valence-corrected chi connectivity index (χ1v) is 5.98. The molecule has 17 heavy (non-hydrogen) atoms. The molecular weight excluding hydrogens is 258 g/mol. The average molecular weight is 284 g/mol. The van der Waals surface area contributed by atoms with Crippen molar-refractivity contribution in [2.45, 2.75) is 24.3 Å². The number of thioether (sulfide) groups is 1. The Labute approximate surface area is 122 Å². The normalized spacial score (nSPS) is 18.3. The Hall–Kier alpha value is -0.580. The molecule has 0 spiro atoms. The molecule has 0 aromatic heterocycles. The predicted octanol–water partition coefficient (Wildman–Crippen LogP) is 2.74. The first-order valence-electron chi connectivity index (χ1n) is 7.76. The monoisotopic (exact) mass is 283 g/mol. The van der Waals surface area contributed by atoms with Gasteiger partial charge in [0.2, 0.25) is 0 Å². The smallest absolute Gasteiger partial charge is 0.132 e. The minimum atomic E-state index is -2.60. The molecule has 3 nitrogen and oxygen atoms in total. The third-order valence-electron chi connectivity index (χ3n) is 2.11. The van der Waals surface area contributed by atoms with E-state index in [0.29, 0.717) is 16.9 Å². The maximum Gasteiger partial charge on any atom is 0.132 e. The van der Waals surface area contributed by atoms with Gasteiger partial charge in [-0.2, -0.15) is 0 Å². The highest BCUT2D eigenvalue weighted by Gasteiger charge is 2.11. The Kier molecular flexibility index (Phi) is 3.85. The summed E-state index contributed by atoms with van der Waals surface area (Å²) in [7, 11) is -5.20. The van der Waals surface area contributed by atoms with Crippen LogP contribution in [0.3, 0.4) is 0 Å². The number of methoxy groups -OCH3 is 2. The third-order valence-corrected chi connectivity index (χ3v) is 2.87. The Morgan fingerprint density at radius 2 is 2.00 bits per heavy atom. The van der Waals surface area contributed by atoms with Gasteiger partial charge in [-0.3, -0.25) is 0 Å². The number of halogens is 1. The summed E-state index contributed by atoms with van der Waals surface area (Å²) in [4.78, 5) is 0.476. The van der Waals surface area contributed by atoms with E-state index in [9.17, 15) is 0 Å². The molecule has 0 aliphatic rings. The molecule has 98 valence electrons. The zero-order chi connectivity index (χ0) is 17.1. The second-order valence-electron chi connectivity index (χ2n) is 3.50. The van der Waals surface area contributed by atoms with Gasteiger partial charge in [0.05, 0.1) is 27.2 Å². The molecule has 0 saturated carbocycles. The van der Waals surface area contributed by atoms with Gasteiger partial charge in [-0.1, -0.05) is 0 Å². The van der Waals surface area contributed by atoms with E-state index in [1.54, 1.807) is 13.2 Å². The number of nitrogens with two attached hydrogens (primary N) is 1. The van der Waals surface area contributed by atoms with Crippen molar-refractivity contribution < 1.29 is 17.7 Å². The van der Waals surface area contributed by atoms with Crippen LogP contribution in [0.15, 0.2) is 17.0 Å². The lowest BCUT2D eigenvalue weighted by Crippen LogP contribution is -2.18. The number of hydrogen-bond acceptors (Lipinski definition) is 4. The van der Waals surface area contributed by atoms with Crippen molar-refractivity contribution in [2.24, 2.45) is 5.73 Å². The number of rotatable bonds is 5. The van der Waals surface area contributed by atoms with Crippen LogP contribution in [-0.4, -0.2) is 26.4 Å². The zero-order valence-corrected chi connectivity index (χ0v) is 11.3. The Morgan fingerprint density at radius 3 is 2.53 bits per heavy atom. The van der Waals surface area contributed by atoms with Gasteiger partial charge in [0, 0.05) is 6.04 Å². The van der Waals surface area contributed by atoms with Crippen molar-refractivity contribution >= 4 is 24.2 Å². The van der Waals surface area contributed by atoms with Crippen molar-refractivity contribution in [3.63, 3.8) is 0 Å². The number of benzene rings is 1. The van der Waals surface area contributed by atoms with Gasteiger partial charge in [-0.05, 0) is 37.3 Å². The van der Waals surface area contributed by atoms with Gasteiger partial charge in [-0.15, -0.1) is 24.2 Å². The maximum atomic E-state index is 7.23. The van der Waals surface area contributed by atoms with Crippen molar-refractivity contribution in [1.29, 1.82) is 0 Å². The third kappa shape index (κ3) is 4.30. The molecule has 0 saturated heterocycles. The van der Waals surface area contributed by atoms with Crippen LogP contribution in [0.4, 0.5) is 0 Å². The number of hydrogen-bond donors (Lipinski definition) is 1. The van der Waals surface area contributed by atoms with Crippen molar-refractivity contribution in [3.05, 3.63) is 17.7 Å². The molecule has 1 aromatic carbocycles. The summed E-state index contributed by atoms with van der Waals surface area (Å²) >= 11 is 1.23. The van der Waals surface area contributed by atoms with E-state index in [4.69, 9.17) is 23.4 Å². The lowest BCUT2D eigenvalue weighted by Gasteiger charge is -2.15. The van der Waals surface area contributed by atoms with Crippen LogP contribution in [0.2, 0.25) is 0 Å². The van der Waals surface area contributed by atoms with E-state index < -0.39 is 14.1 Å². The molecular formula is C12H20ClNO2S. The standard InChI is InChI=1S/C12H19NO2S.ClH/c1-8(13)5-9-6-11(15-3)12(16-4)7-10(9)14-2;/h6-8H,5,13H2,1-4H3;1H/t8-;/m1./s1/i2D3,3D3;. The van der Waals surface area contributed by atoms with Gasteiger partial charge in [0.1, 0.15) is 11.5 Å². The van der Waals surface area contributed by atoms with Crippen LogP contribution in [-0.2, 0) is 6.42 Å². The topological polar surface area (TPSA) is 44.5 Å². The Bertz CT molecular complexity index is 521. The van der Waals surface area contributed by atoms with E-state index in [2.05, 4.69) is 0 Å². The van der Waals surface area contributed by atoms with Crippen molar-refractivity contribution in [2.75, 3.05) is 20.3 Å². The minimum absolute atomic E-state index is 0. The van der Waals surface area contributed by atoms with E-state index in [-0.39, 0.29) is 29.9 Å². The molecule has 1 aromatic rings. The van der Waals surface area contributed by atoms with Crippen LogP contribution in [0.5, 0.6) is 11.5 Å². The molecule has 0 unspecified atom stereocenters. The summed E-state index contributed by atoms with van der Waals surface area (Å²) in [5.74, 6) is 0.306.